The molecule has 0 amide bonds. The minimum Gasteiger partial charge on any atom is -0.0578 e. The van der Waals surface area contributed by atoms with Gasteiger partial charge in [-0.1, -0.05) is 184 Å². The second-order valence-corrected chi connectivity index (χ2v) is 22.6. The van der Waals surface area contributed by atoms with Gasteiger partial charge in [0.05, 0.1) is 0 Å². The first-order valence-electron chi connectivity index (χ1n) is 20.6. The third-order valence-corrected chi connectivity index (χ3v) is 15.6. The van der Waals surface area contributed by atoms with Crippen LogP contribution in [0.25, 0.3) is 22.3 Å². The summed E-state index contributed by atoms with van der Waals surface area (Å²) in [7, 11) is 0. The highest BCUT2D eigenvalue weighted by Gasteiger charge is 2.61. The van der Waals surface area contributed by atoms with Gasteiger partial charge in [0.15, 0.2) is 0 Å². The Bertz CT molecular complexity index is 2350. The predicted octanol–water partition coefficient (Wildman–Crippen LogP) is 13.0. The molecule has 0 heteroatoms. The standard InChI is InChI=1S/C54H62/c1-47(2,3)35-21-31-17-18-32-22-36(48(4,5)6)26-44-40-30-42-41(29-39(40)43(25-35)51(31,13)52(32,44)14)45-27-37(49(7,8)9)23-33-19-20-34-24-38(50(10,11)12)28-46(42)54(34,16)53(33,45)15/h17-30H,1-16H3/t51-,52-,53+,54+. The van der Waals surface area contributed by atoms with Crippen molar-refractivity contribution in [3.05, 3.63) is 151 Å². The van der Waals surface area contributed by atoms with Crippen molar-refractivity contribution < 1.29 is 0 Å². The van der Waals surface area contributed by atoms with Crippen LogP contribution < -0.4 is 10.4 Å². The fourth-order valence-electron chi connectivity index (χ4n) is 11.3. The smallest absolute Gasteiger partial charge is 0.0315 e. The molecule has 0 radical (unpaired) electrons. The van der Waals surface area contributed by atoms with Crippen molar-refractivity contribution in [2.45, 2.75) is 111 Å². The van der Waals surface area contributed by atoms with E-state index >= 15 is 0 Å². The van der Waals surface area contributed by atoms with Crippen LogP contribution in [0.15, 0.2) is 130 Å². The van der Waals surface area contributed by atoms with E-state index in [2.05, 4.69) is 196 Å². The average Bonchev–Trinajstić information content (AvgIpc) is 3.04. The lowest BCUT2D eigenvalue weighted by molar-refractivity contribution is 0.296. The molecule has 1 aromatic rings. The normalized spacial score (nSPS) is 31.9. The molecule has 0 saturated heterocycles. The fourth-order valence-corrected chi connectivity index (χ4v) is 11.3. The maximum atomic E-state index is 2.67. The molecule has 0 unspecified atom stereocenters. The van der Waals surface area contributed by atoms with E-state index in [1.165, 1.54) is 88.4 Å². The van der Waals surface area contributed by atoms with E-state index in [1.807, 2.05) is 0 Å². The second kappa shape index (κ2) is 10.1. The topological polar surface area (TPSA) is 0 Å². The first kappa shape index (κ1) is 35.8. The highest BCUT2D eigenvalue weighted by atomic mass is 14.6. The number of allylic oxidation sites excluding steroid dienone is 22. The largest absolute Gasteiger partial charge is 0.0578 e. The lowest BCUT2D eigenvalue weighted by atomic mass is 9.42. The van der Waals surface area contributed by atoms with Crippen LogP contribution in [0.4, 0.5) is 0 Å². The van der Waals surface area contributed by atoms with Crippen LogP contribution in [-0.4, -0.2) is 0 Å². The summed E-state index contributed by atoms with van der Waals surface area (Å²) < 4.78 is 0. The molecule has 0 fully saturated rings. The zero-order valence-corrected chi connectivity index (χ0v) is 36.1. The van der Waals surface area contributed by atoms with Crippen molar-refractivity contribution in [2.24, 2.45) is 43.3 Å². The summed E-state index contributed by atoms with van der Waals surface area (Å²) in [6, 6.07) is 5.35. The Labute approximate surface area is 326 Å². The summed E-state index contributed by atoms with van der Waals surface area (Å²) in [5.41, 5.74) is 19.4. The van der Waals surface area contributed by atoms with E-state index in [9.17, 15) is 0 Å². The molecule has 0 N–H and O–H groups in total. The van der Waals surface area contributed by atoms with E-state index in [0.717, 1.165) is 0 Å². The van der Waals surface area contributed by atoms with E-state index in [0.29, 0.717) is 0 Å². The van der Waals surface area contributed by atoms with Crippen molar-refractivity contribution in [1.82, 2.24) is 0 Å². The molecule has 8 aliphatic carbocycles. The molecule has 0 nitrogen and oxygen atoms in total. The van der Waals surface area contributed by atoms with Gasteiger partial charge in [0.2, 0.25) is 0 Å². The Morgan fingerprint density at radius 2 is 0.667 bits per heavy atom. The molecule has 0 heterocycles. The summed E-state index contributed by atoms with van der Waals surface area (Å²) in [6.07, 6.45) is 30.4. The van der Waals surface area contributed by atoms with E-state index in [-0.39, 0.29) is 43.3 Å². The highest BCUT2D eigenvalue weighted by Crippen LogP contribution is 2.72. The first-order chi connectivity index (χ1) is 24.8. The van der Waals surface area contributed by atoms with Gasteiger partial charge >= 0.3 is 0 Å². The van der Waals surface area contributed by atoms with Gasteiger partial charge < -0.3 is 0 Å². The van der Waals surface area contributed by atoms with Crippen LogP contribution in [0.1, 0.15) is 122 Å². The Balaban J connectivity index is 1.52. The Morgan fingerprint density at radius 1 is 0.352 bits per heavy atom. The molecule has 0 bridgehead atoms. The highest BCUT2D eigenvalue weighted by molar-refractivity contribution is 6.00. The molecule has 1 aromatic carbocycles. The Kier molecular flexibility index (Phi) is 6.69. The third kappa shape index (κ3) is 4.16. The molecule has 0 aromatic heterocycles. The van der Waals surface area contributed by atoms with Crippen molar-refractivity contribution >= 4 is 22.3 Å². The number of benzene rings is 1. The molecular weight excluding hydrogens is 649 g/mol. The maximum Gasteiger partial charge on any atom is 0.0315 e. The zero-order chi connectivity index (χ0) is 39.1. The summed E-state index contributed by atoms with van der Waals surface area (Å²) >= 11 is 0. The van der Waals surface area contributed by atoms with Crippen molar-refractivity contribution in [3.8, 4) is 0 Å². The van der Waals surface area contributed by atoms with Crippen molar-refractivity contribution in [2.75, 3.05) is 0 Å². The van der Waals surface area contributed by atoms with Crippen molar-refractivity contribution in [3.63, 3.8) is 0 Å². The number of hydrogen-bond acceptors (Lipinski definition) is 0. The molecule has 8 aliphatic rings. The van der Waals surface area contributed by atoms with E-state index < -0.39 is 0 Å². The summed E-state index contributed by atoms with van der Waals surface area (Å²) in [4.78, 5) is 0. The number of fused-ring (bicyclic) bond motifs is 4. The molecule has 54 heavy (non-hydrogen) atoms. The van der Waals surface area contributed by atoms with Gasteiger partial charge in [-0.15, -0.1) is 0 Å². The maximum absolute atomic E-state index is 2.67. The minimum atomic E-state index is -0.207. The summed E-state index contributed by atoms with van der Waals surface area (Å²) in [5.74, 6) is 0. The molecule has 4 atom stereocenters. The summed E-state index contributed by atoms with van der Waals surface area (Å²) in [5, 5.41) is 2.83. The van der Waals surface area contributed by atoms with Gasteiger partial charge in [-0.25, -0.2) is 0 Å². The second-order valence-electron chi connectivity index (χ2n) is 22.6. The Morgan fingerprint density at radius 3 is 0.981 bits per heavy atom. The quantitative estimate of drug-likeness (QED) is 0.251. The number of rotatable bonds is 0. The zero-order valence-electron chi connectivity index (χ0n) is 36.1. The van der Waals surface area contributed by atoms with Crippen molar-refractivity contribution in [1.29, 1.82) is 0 Å². The predicted molar refractivity (Wildman–Crippen MR) is 233 cm³/mol. The third-order valence-electron chi connectivity index (χ3n) is 15.6. The van der Waals surface area contributed by atoms with Crippen LogP contribution >= 0.6 is 0 Å². The van der Waals surface area contributed by atoms with Gasteiger partial charge in [-0.05, 0) is 122 Å². The Hall–Kier alpha value is -3.90. The lowest BCUT2D eigenvalue weighted by Crippen LogP contribution is -2.55. The van der Waals surface area contributed by atoms with Crippen LogP contribution in [0.3, 0.4) is 0 Å². The van der Waals surface area contributed by atoms with Crippen LogP contribution in [0, 0.1) is 43.3 Å². The van der Waals surface area contributed by atoms with E-state index in [4.69, 9.17) is 0 Å². The van der Waals surface area contributed by atoms with Gasteiger partial charge in [0.1, 0.15) is 0 Å². The molecule has 0 aliphatic heterocycles. The van der Waals surface area contributed by atoms with Crippen LogP contribution in [0.5, 0.6) is 0 Å². The van der Waals surface area contributed by atoms with Crippen LogP contribution in [-0.2, 0) is 0 Å². The van der Waals surface area contributed by atoms with E-state index in [1.54, 1.807) is 0 Å². The SMILES string of the molecule is CC(C)(C)C1=CC2=CC=C3C=C(C(C)(C)C)C=C4c5cc6c(cc5C(=C1)[C@@]2(C)[C@@]34C)=C1C=C(C(C)(C)C)C=C2C=CC3=CC(C(C)(C)C)=CC=6[C@]3(C)[C@]21C. The number of hydrogen-bond donors (Lipinski definition) is 0. The monoisotopic (exact) mass is 710 g/mol. The summed E-state index contributed by atoms with van der Waals surface area (Å²) in [6.45, 7) is 38.7. The van der Waals surface area contributed by atoms with Gasteiger partial charge in [-0.3, -0.25) is 0 Å². The molecule has 0 spiro atoms. The molecular formula is C54H62. The van der Waals surface area contributed by atoms with Gasteiger partial charge in [0, 0.05) is 21.7 Å². The van der Waals surface area contributed by atoms with Gasteiger partial charge in [0.25, 0.3) is 0 Å². The fraction of sp³-hybridized carbons (Fsp3) is 0.444. The lowest BCUT2D eigenvalue weighted by Gasteiger charge is -2.60. The molecule has 0 saturated carbocycles. The first-order valence-corrected chi connectivity index (χ1v) is 20.6. The minimum absolute atomic E-state index is 0.0249. The molecule has 278 valence electrons. The molecule has 9 rings (SSSR count). The van der Waals surface area contributed by atoms with Crippen LogP contribution in [0.2, 0.25) is 0 Å². The average molecular weight is 711 g/mol. The van der Waals surface area contributed by atoms with Gasteiger partial charge in [-0.2, -0.15) is 0 Å².